The summed E-state index contributed by atoms with van der Waals surface area (Å²) in [6.45, 7) is 6.11. The van der Waals surface area contributed by atoms with Crippen LogP contribution in [0.2, 0.25) is 0 Å². The maximum atomic E-state index is 14.2. The average molecular weight is 600 g/mol. The van der Waals surface area contributed by atoms with Gasteiger partial charge in [-0.15, -0.1) is 6.58 Å². The second-order valence-electron chi connectivity index (χ2n) is 11.8. The fraction of sp³-hybridized carbons (Fsp3) is 0.400. The third-order valence-electron chi connectivity index (χ3n) is 8.81. The van der Waals surface area contributed by atoms with Crippen LogP contribution < -0.4 is 16.0 Å². The minimum absolute atomic E-state index is 0.0687. The number of fused-ring (bicyclic) bond motifs is 1. The van der Waals surface area contributed by atoms with Crippen molar-refractivity contribution in [2.45, 2.75) is 56.3 Å². The zero-order chi connectivity index (χ0) is 31.1. The van der Waals surface area contributed by atoms with Crippen LogP contribution in [0.15, 0.2) is 79.4 Å². The van der Waals surface area contributed by atoms with Gasteiger partial charge in [0.15, 0.2) is 0 Å². The molecule has 3 aromatic carbocycles. The molecule has 2 saturated heterocycles. The minimum atomic E-state index is -0.804. The molecule has 0 aromatic heterocycles. The van der Waals surface area contributed by atoms with Crippen molar-refractivity contribution >= 4 is 28.5 Å². The second-order valence-corrected chi connectivity index (χ2v) is 11.8. The standard InChI is InChI=1S/C35H42FN5O3/c1-3-7-29-23-40(32(34(43)37-2)22-25-11-14-26-8-4-5-9-27(26)20-25)18-19-41(29)35(44)31(21-24-12-15-28(36)16-13-24)39-33(42)30-10-6-17-38-30/h3-5,8-9,11-16,20,29-32,38H,1,6-7,10,17-19,21-23H2,2H3,(H,37,43)(H,39,42). The van der Waals surface area contributed by atoms with Crippen LogP contribution in [0.3, 0.4) is 0 Å². The first-order valence-electron chi connectivity index (χ1n) is 15.5. The van der Waals surface area contributed by atoms with Gasteiger partial charge in [0.2, 0.25) is 17.7 Å². The smallest absolute Gasteiger partial charge is 0.245 e. The Kier molecular flexibility index (Phi) is 10.4. The molecule has 4 unspecified atom stereocenters. The number of amides is 3. The maximum Gasteiger partial charge on any atom is 0.245 e. The number of hydrogen-bond donors (Lipinski definition) is 3. The number of nitrogens with zero attached hydrogens (tertiary/aromatic N) is 2. The lowest BCUT2D eigenvalue weighted by atomic mass is 9.97. The molecule has 0 spiro atoms. The fourth-order valence-electron chi connectivity index (χ4n) is 6.43. The van der Waals surface area contributed by atoms with Crippen molar-refractivity contribution in [1.82, 2.24) is 25.8 Å². The van der Waals surface area contributed by atoms with Crippen molar-refractivity contribution in [1.29, 1.82) is 0 Å². The van der Waals surface area contributed by atoms with Gasteiger partial charge in [-0.05, 0) is 66.3 Å². The van der Waals surface area contributed by atoms with E-state index in [1.165, 1.54) is 12.1 Å². The van der Waals surface area contributed by atoms with E-state index >= 15 is 0 Å². The Labute approximate surface area is 258 Å². The average Bonchev–Trinajstić information content (AvgIpc) is 3.59. The quantitative estimate of drug-likeness (QED) is 0.295. The Bertz CT molecular complexity index is 1470. The maximum absolute atomic E-state index is 14.2. The van der Waals surface area contributed by atoms with Crippen LogP contribution in [-0.2, 0) is 27.2 Å². The highest BCUT2D eigenvalue weighted by Gasteiger charge is 2.38. The molecule has 5 rings (SSSR count). The SMILES string of the molecule is C=CCC1CN(C(Cc2ccc3ccccc3c2)C(=O)NC)CCN1C(=O)C(Cc1ccc(F)cc1)NC(=O)C1CCCN1. The zero-order valence-electron chi connectivity index (χ0n) is 25.3. The van der Waals surface area contributed by atoms with Gasteiger partial charge in [0.25, 0.3) is 0 Å². The van der Waals surface area contributed by atoms with E-state index in [9.17, 15) is 18.8 Å². The lowest BCUT2D eigenvalue weighted by molar-refractivity contribution is -0.142. The van der Waals surface area contributed by atoms with Crippen LogP contribution >= 0.6 is 0 Å². The van der Waals surface area contributed by atoms with E-state index in [1.807, 2.05) is 17.0 Å². The van der Waals surface area contributed by atoms with Crippen molar-refractivity contribution < 1.29 is 18.8 Å². The van der Waals surface area contributed by atoms with Crippen LogP contribution in [0, 0.1) is 5.82 Å². The summed E-state index contributed by atoms with van der Waals surface area (Å²) in [6, 6.07) is 18.7. The molecule has 3 amide bonds. The van der Waals surface area contributed by atoms with Crippen LogP contribution in [0.25, 0.3) is 10.8 Å². The first-order chi connectivity index (χ1) is 21.4. The van der Waals surface area contributed by atoms with E-state index in [0.717, 1.165) is 41.3 Å². The minimum Gasteiger partial charge on any atom is -0.358 e. The monoisotopic (exact) mass is 599 g/mol. The van der Waals surface area contributed by atoms with Crippen molar-refractivity contribution in [2.75, 3.05) is 33.2 Å². The molecule has 232 valence electrons. The van der Waals surface area contributed by atoms with Gasteiger partial charge >= 0.3 is 0 Å². The van der Waals surface area contributed by atoms with Crippen molar-refractivity contribution in [3.63, 3.8) is 0 Å². The Morgan fingerprint density at radius 2 is 1.77 bits per heavy atom. The molecule has 9 heteroatoms. The molecule has 0 bridgehead atoms. The third kappa shape index (κ3) is 7.52. The molecule has 2 aliphatic heterocycles. The summed E-state index contributed by atoms with van der Waals surface area (Å²) in [5, 5.41) is 11.3. The van der Waals surface area contributed by atoms with E-state index in [2.05, 4.69) is 57.8 Å². The molecule has 44 heavy (non-hydrogen) atoms. The van der Waals surface area contributed by atoms with E-state index in [-0.39, 0.29) is 42.0 Å². The third-order valence-corrected chi connectivity index (χ3v) is 8.81. The highest BCUT2D eigenvalue weighted by atomic mass is 19.1. The molecule has 8 nitrogen and oxygen atoms in total. The van der Waals surface area contributed by atoms with Gasteiger partial charge in [-0.25, -0.2) is 4.39 Å². The number of hydrogen-bond acceptors (Lipinski definition) is 5. The number of piperazine rings is 1. The Morgan fingerprint density at radius 3 is 2.48 bits per heavy atom. The first-order valence-corrected chi connectivity index (χ1v) is 15.5. The molecule has 0 radical (unpaired) electrons. The Hall–Kier alpha value is -4.08. The van der Waals surface area contributed by atoms with Crippen LogP contribution in [0.4, 0.5) is 4.39 Å². The Balaban J connectivity index is 1.34. The summed E-state index contributed by atoms with van der Waals surface area (Å²) < 4.78 is 13.6. The molecule has 0 aliphatic carbocycles. The largest absolute Gasteiger partial charge is 0.358 e. The predicted octanol–water partition coefficient (Wildman–Crippen LogP) is 3.20. The number of rotatable bonds is 11. The van der Waals surface area contributed by atoms with Gasteiger partial charge in [-0.3, -0.25) is 19.3 Å². The van der Waals surface area contributed by atoms with Gasteiger partial charge in [0.1, 0.15) is 11.9 Å². The number of benzene rings is 3. The van der Waals surface area contributed by atoms with E-state index in [1.54, 1.807) is 25.3 Å². The van der Waals surface area contributed by atoms with Gasteiger partial charge in [-0.1, -0.05) is 60.7 Å². The normalized spacial score (nSPS) is 20.2. The predicted molar refractivity (Wildman–Crippen MR) is 170 cm³/mol. The molecule has 0 saturated carbocycles. The number of likely N-dealkylation sites (N-methyl/N-ethyl adjacent to an activating group) is 1. The summed E-state index contributed by atoms with van der Waals surface area (Å²) in [4.78, 5) is 44.5. The van der Waals surface area contributed by atoms with Crippen molar-refractivity contribution in [3.8, 4) is 0 Å². The molecule has 3 aromatic rings. The number of carbonyl (C=O) groups excluding carboxylic acids is 3. The molecule has 2 fully saturated rings. The van der Waals surface area contributed by atoms with Crippen molar-refractivity contribution in [2.24, 2.45) is 0 Å². The summed E-state index contributed by atoms with van der Waals surface area (Å²) in [6.07, 6.45) is 4.75. The van der Waals surface area contributed by atoms with E-state index < -0.39 is 12.1 Å². The molecular weight excluding hydrogens is 557 g/mol. The van der Waals surface area contributed by atoms with Gasteiger partial charge in [-0.2, -0.15) is 0 Å². The summed E-state index contributed by atoms with van der Waals surface area (Å²) in [7, 11) is 1.65. The number of nitrogens with one attached hydrogen (secondary N) is 3. The molecule has 3 N–H and O–H groups in total. The zero-order valence-corrected chi connectivity index (χ0v) is 25.3. The van der Waals surface area contributed by atoms with Gasteiger partial charge in [0.05, 0.1) is 12.1 Å². The van der Waals surface area contributed by atoms with Crippen molar-refractivity contribution in [3.05, 3.63) is 96.3 Å². The summed E-state index contributed by atoms with van der Waals surface area (Å²) in [5.41, 5.74) is 1.83. The van der Waals surface area contributed by atoms with Gasteiger partial charge in [0, 0.05) is 39.1 Å². The molecule has 2 aliphatic rings. The van der Waals surface area contributed by atoms with Crippen LogP contribution in [-0.4, -0.2) is 84.9 Å². The number of carbonyl (C=O) groups is 3. The summed E-state index contributed by atoms with van der Waals surface area (Å²) in [5.74, 6) is -0.803. The fourth-order valence-corrected chi connectivity index (χ4v) is 6.43. The van der Waals surface area contributed by atoms with Gasteiger partial charge < -0.3 is 20.9 Å². The number of halogens is 1. The molecule has 4 atom stereocenters. The molecule has 2 heterocycles. The lowest BCUT2D eigenvalue weighted by Gasteiger charge is -2.45. The topological polar surface area (TPSA) is 93.8 Å². The van der Waals surface area contributed by atoms with Crippen LogP contribution in [0.1, 0.15) is 30.4 Å². The lowest BCUT2D eigenvalue weighted by Crippen LogP contribution is -2.63. The second kappa shape index (κ2) is 14.6. The van der Waals surface area contributed by atoms with E-state index in [4.69, 9.17) is 0 Å². The first kappa shape index (κ1) is 31.3. The summed E-state index contributed by atoms with van der Waals surface area (Å²) >= 11 is 0. The van der Waals surface area contributed by atoms with E-state index in [0.29, 0.717) is 32.5 Å². The highest BCUT2D eigenvalue weighted by molar-refractivity contribution is 5.90. The highest BCUT2D eigenvalue weighted by Crippen LogP contribution is 2.23. The molecular formula is C35H42FN5O3. The Morgan fingerprint density at radius 1 is 1.02 bits per heavy atom. The van der Waals surface area contributed by atoms with Crippen LogP contribution in [0.5, 0.6) is 0 Å².